The Labute approximate surface area is 112 Å². The first-order chi connectivity index (χ1) is 9.24. The third kappa shape index (κ3) is 2.61. The molecule has 5 heteroatoms. The summed E-state index contributed by atoms with van der Waals surface area (Å²) < 4.78 is 7.10. The van der Waals surface area contributed by atoms with Crippen molar-refractivity contribution in [2.24, 2.45) is 5.73 Å². The Morgan fingerprint density at radius 2 is 2.16 bits per heavy atom. The second-order valence-corrected chi connectivity index (χ2v) is 4.95. The average molecular weight is 258 g/mol. The highest BCUT2D eigenvalue weighted by Gasteiger charge is 2.18. The number of hydrogen-bond donors (Lipinski definition) is 1. The molecule has 0 spiro atoms. The number of aromatic nitrogens is 3. The summed E-state index contributed by atoms with van der Waals surface area (Å²) in [5, 5.41) is 4.53. The molecular formula is C14H18N4O. The van der Waals surface area contributed by atoms with Gasteiger partial charge in [0.25, 0.3) is 0 Å². The van der Waals surface area contributed by atoms with E-state index in [2.05, 4.69) is 10.1 Å². The Morgan fingerprint density at radius 3 is 2.89 bits per heavy atom. The average Bonchev–Trinajstić information content (AvgIpc) is 2.81. The van der Waals surface area contributed by atoms with Gasteiger partial charge in [-0.2, -0.15) is 5.10 Å². The minimum absolute atomic E-state index is 0.211. The molecule has 2 aromatic rings. The van der Waals surface area contributed by atoms with E-state index in [0.29, 0.717) is 0 Å². The Morgan fingerprint density at radius 1 is 1.37 bits per heavy atom. The number of aryl methyl sites for hydroxylation is 1. The molecule has 2 N–H and O–H groups in total. The van der Waals surface area contributed by atoms with Gasteiger partial charge in [0.2, 0.25) is 0 Å². The molecule has 0 radical (unpaired) electrons. The van der Waals surface area contributed by atoms with Gasteiger partial charge >= 0.3 is 0 Å². The fourth-order valence-corrected chi connectivity index (χ4v) is 2.39. The van der Waals surface area contributed by atoms with Gasteiger partial charge in [-0.1, -0.05) is 12.1 Å². The van der Waals surface area contributed by atoms with Crippen molar-refractivity contribution in [3.63, 3.8) is 0 Å². The summed E-state index contributed by atoms with van der Waals surface area (Å²) in [5.41, 5.74) is 7.13. The van der Waals surface area contributed by atoms with Gasteiger partial charge in [-0.3, -0.25) is 0 Å². The first kappa shape index (κ1) is 12.2. The highest BCUT2D eigenvalue weighted by atomic mass is 16.5. The maximum absolute atomic E-state index is 5.94. The van der Waals surface area contributed by atoms with E-state index < -0.39 is 0 Å². The molecule has 1 aromatic heterocycles. The molecule has 1 unspecified atom stereocenters. The largest absolute Gasteiger partial charge is 0.497 e. The molecular weight excluding hydrogens is 240 g/mol. The standard InChI is InChI=1S/C14H18N4O/c1-19-12-5-2-10(3-6-12)8-13-16-14-7-4-11(15)9-18(14)17-13/h2-3,5-6,11H,4,7-9,15H2,1H3. The summed E-state index contributed by atoms with van der Waals surface area (Å²) in [5.74, 6) is 2.80. The van der Waals surface area contributed by atoms with Crippen LogP contribution in [-0.2, 0) is 19.4 Å². The third-order valence-corrected chi connectivity index (χ3v) is 3.46. The van der Waals surface area contributed by atoms with Crippen LogP contribution in [0.5, 0.6) is 5.75 Å². The molecule has 1 aromatic carbocycles. The molecule has 0 bridgehead atoms. The Kier molecular flexibility index (Phi) is 3.21. The number of methoxy groups -OCH3 is 1. The Bertz CT molecular complexity index is 561. The highest BCUT2D eigenvalue weighted by Crippen LogP contribution is 2.16. The summed E-state index contributed by atoms with van der Waals surface area (Å²) in [6.45, 7) is 0.783. The lowest BCUT2D eigenvalue weighted by atomic mass is 10.1. The predicted octanol–water partition coefficient (Wildman–Crippen LogP) is 1.15. The normalized spacial score (nSPS) is 18.1. The van der Waals surface area contributed by atoms with Crippen molar-refractivity contribution in [2.45, 2.75) is 31.8 Å². The van der Waals surface area contributed by atoms with Crippen LogP contribution in [0.3, 0.4) is 0 Å². The number of ether oxygens (including phenoxy) is 1. The topological polar surface area (TPSA) is 66.0 Å². The number of hydrogen-bond acceptors (Lipinski definition) is 4. The van der Waals surface area contributed by atoms with Crippen LogP contribution in [0.15, 0.2) is 24.3 Å². The van der Waals surface area contributed by atoms with E-state index in [1.165, 1.54) is 5.56 Å². The molecule has 0 fully saturated rings. The van der Waals surface area contributed by atoms with Gasteiger partial charge in [0.15, 0.2) is 5.82 Å². The van der Waals surface area contributed by atoms with Crippen molar-refractivity contribution in [2.75, 3.05) is 7.11 Å². The number of nitrogens with zero attached hydrogens (tertiary/aromatic N) is 3. The summed E-state index contributed by atoms with van der Waals surface area (Å²) in [6, 6.07) is 8.22. The molecule has 2 heterocycles. The monoisotopic (exact) mass is 258 g/mol. The fraction of sp³-hybridized carbons (Fsp3) is 0.429. The zero-order valence-corrected chi connectivity index (χ0v) is 11.0. The molecule has 3 rings (SSSR count). The molecule has 19 heavy (non-hydrogen) atoms. The van der Waals surface area contributed by atoms with Crippen LogP contribution in [-0.4, -0.2) is 27.9 Å². The van der Waals surface area contributed by atoms with E-state index in [9.17, 15) is 0 Å². The first-order valence-corrected chi connectivity index (χ1v) is 6.55. The maximum Gasteiger partial charge on any atom is 0.155 e. The van der Waals surface area contributed by atoms with E-state index in [-0.39, 0.29) is 6.04 Å². The van der Waals surface area contributed by atoms with E-state index in [0.717, 1.165) is 43.2 Å². The second-order valence-electron chi connectivity index (χ2n) is 4.95. The van der Waals surface area contributed by atoms with E-state index in [1.807, 2.05) is 28.9 Å². The summed E-state index contributed by atoms with van der Waals surface area (Å²) in [7, 11) is 1.67. The molecule has 1 aliphatic rings. The molecule has 5 nitrogen and oxygen atoms in total. The lowest BCUT2D eigenvalue weighted by Gasteiger charge is -2.17. The number of nitrogens with two attached hydrogens (primary N) is 1. The molecule has 0 saturated heterocycles. The van der Waals surface area contributed by atoms with Gasteiger partial charge < -0.3 is 10.5 Å². The zero-order chi connectivity index (χ0) is 13.2. The number of benzene rings is 1. The smallest absolute Gasteiger partial charge is 0.155 e. The van der Waals surface area contributed by atoms with E-state index in [4.69, 9.17) is 10.5 Å². The van der Waals surface area contributed by atoms with Gasteiger partial charge in [0.1, 0.15) is 11.6 Å². The van der Waals surface area contributed by atoms with Crippen molar-refractivity contribution in [1.29, 1.82) is 0 Å². The molecule has 0 saturated carbocycles. The van der Waals surface area contributed by atoms with Crippen LogP contribution >= 0.6 is 0 Å². The SMILES string of the molecule is COc1ccc(Cc2nc3n(n2)CC(N)CC3)cc1. The van der Waals surface area contributed by atoms with Crippen molar-refractivity contribution >= 4 is 0 Å². The van der Waals surface area contributed by atoms with Gasteiger partial charge in [-0.25, -0.2) is 9.67 Å². The predicted molar refractivity (Wildman–Crippen MR) is 72.1 cm³/mol. The van der Waals surface area contributed by atoms with Crippen LogP contribution in [0, 0.1) is 0 Å². The van der Waals surface area contributed by atoms with E-state index >= 15 is 0 Å². The fourth-order valence-electron chi connectivity index (χ4n) is 2.39. The molecule has 1 atom stereocenters. The maximum atomic E-state index is 5.94. The Balaban J connectivity index is 1.76. The first-order valence-electron chi connectivity index (χ1n) is 6.55. The van der Waals surface area contributed by atoms with Crippen molar-refractivity contribution in [1.82, 2.24) is 14.8 Å². The molecule has 0 aliphatic carbocycles. The zero-order valence-electron chi connectivity index (χ0n) is 11.0. The summed E-state index contributed by atoms with van der Waals surface area (Å²) >= 11 is 0. The van der Waals surface area contributed by atoms with Crippen LogP contribution in [0.2, 0.25) is 0 Å². The molecule has 0 amide bonds. The number of fused-ring (bicyclic) bond motifs is 1. The number of rotatable bonds is 3. The summed E-state index contributed by atoms with van der Waals surface area (Å²) in [6.07, 6.45) is 2.68. The molecule has 1 aliphatic heterocycles. The Hall–Kier alpha value is -1.88. The van der Waals surface area contributed by atoms with Crippen LogP contribution < -0.4 is 10.5 Å². The van der Waals surface area contributed by atoms with Gasteiger partial charge in [0.05, 0.1) is 13.7 Å². The lowest BCUT2D eigenvalue weighted by molar-refractivity contribution is 0.414. The van der Waals surface area contributed by atoms with Crippen molar-refractivity contribution in [3.8, 4) is 5.75 Å². The van der Waals surface area contributed by atoms with Crippen LogP contribution in [0.25, 0.3) is 0 Å². The molecule has 100 valence electrons. The van der Waals surface area contributed by atoms with Gasteiger partial charge in [-0.05, 0) is 24.1 Å². The second kappa shape index (κ2) is 5.01. The lowest BCUT2D eigenvalue weighted by Crippen LogP contribution is -2.32. The minimum Gasteiger partial charge on any atom is -0.497 e. The quantitative estimate of drug-likeness (QED) is 0.897. The van der Waals surface area contributed by atoms with Gasteiger partial charge in [0, 0.05) is 18.9 Å². The third-order valence-electron chi connectivity index (χ3n) is 3.46. The summed E-state index contributed by atoms with van der Waals surface area (Å²) in [4.78, 5) is 4.59. The van der Waals surface area contributed by atoms with Crippen LogP contribution in [0.1, 0.15) is 23.6 Å². The van der Waals surface area contributed by atoms with E-state index in [1.54, 1.807) is 7.11 Å². The highest BCUT2D eigenvalue weighted by molar-refractivity contribution is 5.28. The van der Waals surface area contributed by atoms with Crippen molar-refractivity contribution < 1.29 is 4.74 Å². The minimum atomic E-state index is 0.211. The van der Waals surface area contributed by atoms with Gasteiger partial charge in [-0.15, -0.1) is 0 Å². The van der Waals surface area contributed by atoms with Crippen molar-refractivity contribution in [3.05, 3.63) is 41.5 Å². The van der Waals surface area contributed by atoms with Crippen LogP contribution in [0.4, 0.5) is 0 Å².